The van der Waals surface area contributed by atoms with Crippen molar-refractivity contribution in [1.82, 2.24) is 24.6 Å². The third-order valence-corrected chi connectivity index (χ3v) is 13.2. The zero-order valence-corrected chi connectivity index (χ0v) is 35.3. The Morgan fingerprint density at radius 1 is 1.03 bits per heavy atom. The highest BCUT2D eigenvalue weighted by atomic mass is 35.5. The first kappa shape index (κ1) is 41.3. The first-order valence-electron chi connectivity index (χ1n) is 20.3. The smallest absolute Gasteiger partial charge is 0.268 e. The molecule has 0 unspecified atom stereocenters. The number of hydrogen-bond acceptors (Lipinski definition) is 11. The minimum atomic E-state index is -4.47. The van der Waals surface area contributed by atoms with Gasteiger partial charge in [-0.1, -0.05) is 43.2 Å². The van der Waals surface area contributed by atoms with Gasteiger partial charge in [0.2, 0.25) is 5.88 Å². The molecule has 2 aromatic carbocycles. The van der Waals surface area contributed by atoms with Gasteiger partial charge in [-0.15, -0.1) is 0 Å². The lowest BCUT2D eigenvalue weighted by Crippen LogP contribution is -2.47. The fourth-order valence-corrected chi connectivity index (χ4v) is 9.26. The van der Waals surface area contributed by atoms with E-state index in [1.807, 2.05) is 30.3 Å². The van der Waals surface area contributed by atoms with Crippen LogP contribution in [0.15, 0.2) is 89.7 Å². The summed E-state index contributed by atoms with van der Waals surface area (Å²) in [7, 11) is -4.47. The van der Waals surface area contributed by atoms with Gasteiger partial charge in [-0.25, -0.2) is 23.1 Å². The molecule has 2 fully saturated rings. The lowest BCUT2D eigenvalue weighted by Gasteiger charge is -2.39. The summed E-state index contributed by atoms with van der Waals surface area (Å²) in [5.41, 5.74) is 5.83. The molecule has 2 saturated heterocycles. The number of fused-ring (bicyclic) bond motifs is 1. The third kappa shape index (κ3) is 9.61. The van der Waals surface area contributed by atoms with Gasteiger partial charge >= 0.3 is 0 Å². The molecule has 5 aromatic rings. The normalized spacial score (nSPS) is 17.7. The molecule has 13 nitrogen and oxygen atoms in total. The maximum Gasteiger partial charge on any atom is 0.268 e. The zero-order valence-electron chi connectivity index (χ0n) is 33.7. The predicted octanol–water partition coefficient (Wildman–Crippen LogP) is 7.99. The summed E-state index contributed by atoms with van der Waals surface area (Å²) < 4.78 is 46.9. The lowest BCUT2D eigenvalue weighted by molar-refractivity contribution is 0.0490. The van der Waals surface area contributed by atoms with Gasteiger partial charge in [0.25, 0.3) is 15.9 Å². The highest BCUT2D eigenvalue weighted by Crippen LogP contribution is 2.43. The van der Waals surface area contributed by atoms with Gasteiger partial charge in [0.15, 0.2) is 0 Å². The maximum absolute atomic E-state index is 13.9. The number of carbonyl (C=O) groups is 1. The van der Waals surface area contributed by atoms with Crippen LogP contribution in [0.1, 0.15) is 67.4 Å². The molecule has 0 atom stereocenters. The Morgan fingerprint density at radius 2 is 1.82 bits per heavy atom. The minimum absolute atomic E-state index is 0.00147. The SMILES string of the molecule is CC1(C)CCC(c2ccc(Cl)cc2)=C(CN2CCN(c3ccc(C(=O)NS(=O)(=O)c4cnc(OCC5CCOCC5)c(C#N)c4)c(Oc4cnc5[nH]ccc5c4)c3)CC2)C1. The van der Waals surface area contributed by atoms with Crippen molar-refractivity contribution in [3.63, 3.8) is 0 Å². The van der Waals surface area contributed by atoms with Crippen molar-refractivity contribution < 1.29 is 27.4 Å². The van der Waals surface area contributed by atoms with Crippen LogP contribution in [-0.2, 0) is 14.8 Å². The van der Waals surface area contributed by atoms with Crippen LogP contribution in [0.4, 0.5) is 5.69 Å². The number of pyridine rings is 2. The number of hydrogen-bond donors (Lipinski definition) is 2. The van der Waals surface area contributed by atoms with Crippen molar-refractivity contribution in [2.45, 2.75) is 50.8 Å². The number of sulfonamides is 1. The lowest BCUT2D eigenvalue weighted by atomic mass is 9.73. The number of nitriles is 1. The zero-order chi connectivity index (χ0) is 41.9. The molecule has 1 aliphatic carbocycles. The Hall–Kier alpha value is -5.46. The molecule has 3 aliphatic rings. The number of allylic oxidation sites excluding steroid dienone is 1. The van der Waals surface area contributed by atoms with E-state index in [-0.39, 0.29) is 39.0 Å². The molecule has 2 N–H and O–H groups in total. The van der Waals surface area contributed by atoms with Crippen molar-refractivity contribution in [2.75, 3.05) is 57.4 Å². The number of piperazine rings is 1. The number of nitrogens with one attached hydrogen (secondary N) is 2. The summed E-state index contributed by atoms with van der Waals surface area (Å²) in [6, 6.07) is 20.1. The minimum Gasteiger partial charge on any atom is -0.476 e. The summed E-state index contributed by atoms with van der Waals surface area (Å²) in [4.78, 5) is 29.9. The fraction of sp³-hybridized carbons (Fsp3) is 0.378. The van der Waals surface area contributed by atoms with Crippen molar-refractivity contribution >= 4 is 49.8 Å². The van der Waals surface area contributed by atoms with E-state index in [1.54, 1.807) is 30.6 Å². The van der Waals surface area contributed by atoms with E-state index in [9.17, 15) is 18.5 Å². The number of rotatable bonds is 12. The summed E-state index contributed by atoms with van der Waals surface area (Å²) in [5, 5.41) is 11.4. The average Bonchev–Trinajstić information content (AvgIpc) is 3.72. The van der Waals surface area contributed by atoms with Crippen molar-refractivity contribution in [3.05, 3.63) is 107 Å². The topological polar surface area (TPSA) is 163 Å². The molecule has 5 heterocycles. The first-order valence-corrected chi connectivity index (χ1v) is 22.2. The Bertz CT molecular complexity index is 2550. The molecule has 1 amide bonds. The number of aromatic nitrogens is 3. The molecule has 0 spiro atoms. The second-order valence-corrected chi connectivity index (χ2v) is 18.6. The molecule has 312 valence electrons. The third-order valence-electron chi connectivity index (χ3n) is 11.6. The van der Waals surface area contributed by atoms with Crippen LogP contribution in [0.25, 0.3) is 16.6 Å². The predicted molar refractivity (Wildman–Crippen MR) is 230 cm³/mol. The molecular weight excluding hydrogens is 802 g/mol. The Morgan fingerprint density at radius 3 is 2.58 bits per heavy atom. The van der Waals surface area contributed by atoms with E-state index in [4.69, 9.17) is 25.8 Å². The molecule has 2 aliphatic heterocycles. The number of carbonyl (C=O) groups excluding carboxylic acids is 1. The molecule has 0 radical (unpaired) electrons. The molecule has 0 bridgehead atoms. The number of nitrogens with zero attached hydrogens (tertiary/aromatic N) is 5. The quantitative estimate of drug-likeness (QED) is 0.125. The summed E-state index contributed by atoms with van der Waals surface area (Å²) in [5.74, 6) is -0.0908. The van der Waals surface area contributed by atoms with E-state index >= 15 is 0 Å². The number of amides is 1. The van der Waals surface area contributed by atoms with Gasteiger partial charge in [0.1, 0.15) is 33.7 Å². The second-order valence-electron chi connectivity index (χ2n) is 16.5. The number of aromatic amines is 1. The van der Waals surface area contributed by atoms with Crippen molar-refractivity contribution in [1.29, 1.82) is 5.26 Å². The van der Waals surface area contributed by atoms with Crippen LogP contribution in [0.5, 0.6) is 17.4 Å². The van der Waals surface area contributed by atoms with Gasteiger partial charge in [0.05, 0.1) is 24.6 Å². The average molecular weight is 850 g/mol. The molecular formula is C45H48ClN7O6S. The molecule has 60 heavy (non-hydrogen) atoms. The van der Waals surface area contributed by atoms with Gasteiger partial charge in [-0.3, -0.25) is 9.69 Å². The standard InChI is InChI=1S/C45H48ClN7O6S/c1-45(2)13-9-39(31-3-5-35(46)6-4-31)34(24-45)28-52-15-17-53(18-16-52)36-7-8-40(41(23-36)59-37-21-32-10-14-48-42(32)49-26-37)43(54)51-60(55,56)38-22-33(25-47)44(50-27-38)58-29-30-11-19-57-20-12-30/h3-8,10,14,21-23,26-27,30H,9,11-13,15-20,24,28-29H2,1-2H3,(H,48,49)(H,51,54). The van der Waals surface area contributed by atoms with E-state index in [0.717, 1.165) is 93.2 Å². The Kier molecular flexibility index (Phi) is 12.1. The number of H-pyrrole nitrogens is 1. The van der Waals surface area contributed by atoms with E-state index in [2.05, 4.69) is 55.5 Å². The summed E-state index contributed by atoms with van der Waals surface area (Å²) in [6.07, 6.45) is 9.27. The maximum atomic E-state index is 13.9. The summed E-state index contributed by atoms with van der Waals surface area (Å²) in [6.45, 7) is 10.3. The van der Waals surface area contributed by atoms with Crippen LogP contribution in [0.3, 0.4) is 0 Å². The summed E-state index contributed by atoms with van der Waals surface area (Å²) >= 11 is 6.23. The van der Waals surface area contributed by atoms with Gasteiger partial charge in [-0.2, -0.15) is 5.26 Å². The van der Waals surface area contributed by atoms with Gasteiger partial charge < -0.3 is 24.1 Å². The van der Waals surface area contributed by atoms with Crippen LogP contribution in [-0.4, -0.2) is 86.7 Å². The van der Waals surface area contributed by atoms with E-state index in [1.165, 1.54) is 16.7 Å². The Labute approximate surface area is 355 Å². The van der Waals surface area contributed by atoms with Crippen LogP contribution < -0.4 is 19.1 Å². The largest absolute Gasteiger partial charge is 0.476 e. The molecule has 15 heteroatoms. The van der Waals surface area contributed by atoms with Crippen LogP contribution >= 0.6 is 11.6 Å². The molecule has 0 saturated carbocycles. The van der Waals surface area contributed by atoms with Crippen molar-refractivity contribution in [2.24, 2.45) is 11.3 Å². The van der Waals surface area contributed by atoms with E-state index < -0.39 is 15.9 Å². The highest BCUT2D eigenvalue weighted by Gasteiger charge is 2.30. The van der Waals surface area contributed by atoms with E-state index in [0.29, 0.717) is 31.2 Å². The van der Waals surface area contributed by atoms with Crippen LogP contribution in [0.2, 0.25) is 5.02 Å². The second kappa shape index (κ2) is 17.6. The first-order chi connectivity index (χ1) is 28.9. The Balaban J connectivity index is 0.998. The highest BCUT2D eigenvalue weighted by molar-refractivity contribution is 7.90. The van der Waals surface area contributed by atoms with Gasteiger partial charge in [-0.05, 0) is 97.0 Å². The van der Waals surface area contributed by atoms with Crippen LogP contribution in [0, 0.1) is 22.7 Å². The molecule has 3 aromatic heterocycles. The number of anilines is 1. The van der Waals surface area contributed by atoms with Gasteiger partial charge in [0, 0.05) is 74.3 Å². The number of ether oxygens (including phenoxy) is 3. The molecule has 8 rings (SSSR count). The monoisotopic (exact) mass is 849 g/mol. The number of benzene rings is 2. The van der Waals surface area contributed by atoms with Crippen molar-refractivity contribution in [3.8, 4) is 23.4 Å². The fourth-order valence-electron chi connectivity index (χ4n) is 8.20. The number of halogens is 1.